The molecule has 0 spiro atoms. The molecule has 2 heteroatoms. The molecule has 0 aliphatic heterocycles. The zero-order valence-electron chi connectivity index (χ0n) is 5.62. The molecular weight excluding hydrogens is 73.1 g/mol. The molecule has 0 saturated heterocycles. The van der Waals surface area contributed by atoms with Crippen LogP contribution < -0.4 is 5.11 Å². The molecule has 34 valence electrons. The Hall–Kier alpha value is 0.129. The first-order valence-corrected chi connectivity index (χ1v) is 1.70. The van der Waals surface area contributed by atoms with Crippen molar-refractivity contribution in [2.75, 3.05) is 0 Å². The van der Waals surface area contributed by atoms with Gasteiger partial charge in [-0.25, -0.2) is 0 Å². The van der Waals surface area contributed by atoms with Crippen LogP contribution in [0.1, 0.15) is 22.2 Å². The maximum absolute atomic E-state index is 10.1. The smallest absolute Gasteiger partial charge is 1.00 e. The number of rotatable bonds is 0. The summed E-state index contributed by atoms with van der Waals surface area (Å²) in [5, 5.41) is 10.1. The summed E-state index contributed by atoms with van der Waals surface area (Å²) >= 11 is 0. The van der Waals surface area contributed by atoms with Crippen molar-refractivity contribution in [1.82, 2.24) is 0 Å². The van der Waals surface area contributed by atoms with Gasteiger partial charge >= 0.3 is 10.1 Å². The van der Waals surface area contributed by atoms with Crippen molar-refractivity contribution in [3.05, 3.63) is 0 Å². The first-order chi connectivity index (χ1) is 2.00. The van der Waals surface area contributed by atoms with Crippen LogP contribution in [0.5, 0.6) is 0 Å². The van der Waals surface area contributed by atoms with Crippen LogP contribution in [0.15, 0.2) is 0 Å². The minimum absolute atomic E-state index is 0. The van der Waals surface area contributed by atoms with E-state index in [4.69, 9.17) is 0 Å². The van der Waals surface area contributed by atoms with E-state index in [-0.39, 0.29) is 11.5 Å². The SMILES string of the molecule is CC(C)(C)[O-].[Be+2].[H-]. The summed E-state index contributed by atoms with van der Waals surface area (Å²) in [6.07, 6.45) is 0. The third-order valence-electron chi connectivity index (χ3n) is 0. The van der Waals surface area contributed by atoms with E-state index in [1.807, 2.05) is 0 Å². The molecule has 0 amide bonds. The molecule has 0 aromatic rings. The van der Waals surface area contributed by atoms with Crippen LogP contribution >= 0.6 is 0 Å². The molecule has 1 nitrogen and oxygen atoms in total. The molecule has 0 aliphatic rings. The maximum atomic E-state index is 10.1. The molecule has 0 N–H and O–H groups in total. The summed E-state index contributed by atoms with van der Waals surface area (Å²) in [5.74, 6) is 0. The molecule has 0 aromatic heterocycles. The van der Waals surface area contributed by atoms with Gasteiger partial charge in [0.05, 0.1) is 0 Å². The van der Waals surface area contributed by atoms with Gasteiger partial charge < -0.3 is 6.53 Å². The normalized spacial score (nSPS) is 10.0. The largest absolute Gasteiger partial charge is 2.00 e. The minimum Gasteiger partial charge on any atom is -1.00 e. The van der Waals surface area contributed by atoms with Gasteiger partial charge in [0.2, 0.25) is 0 Å². The fourth-order valence-corrected chi connectivity index (χ4v) is 0. The van der Waals surface area contributed by atoms with Crippen LogP contribution in [-0.4, -0.2) is 15.7 Å². The molecule has 0 fully saturated rings. The quantitative estimate of drug-likeness (QED) is 0.374. The summed E-state index contributed by atoms with van der Waals surface area (Å²) in [6.45, 7) is 4.90. The van der Waals surface area contributed by atoms with E-state index in [2.05, 4.69) is 0 Å². The Bertz CT molecular complexity index is 27.2. The van der Waals surface area contributed by atoms with Crippen molar-refractivity contribution in [2.45, 2.75) is 26.4 Å². The first-order valence-electron chi connectivity index (χ1n) is 1.70. The number of hydrogen-bond donors (Lipinski definition) is 0. The van der Waals surface area contributed by atoms with E-state index in [1.165, 1.54) is 0 Å². The molecule has 0 radical (unpaired) electrons. The average Bonchev–Trinajstić information content (AvgIpc) is 0.722. The Labute approximate surface area is 44.1 Å². The predicted molar refractivity (Wildman–Crippen MR) is 26.6 cm³/mol. The second kappa shape index (κ2) is 2.33. The fraction of sp³-hybridized carbons (Fsp3) is 1.00. The van der Waals surface area contributed by atoms with Crippen molar-refractivity contribution in [3.8, 4) is 0 Å². The Kier molecular flexibility index (Phi) is 3.67. The van der Waals surface area contributed by atoms with Crippen LogP contribution in [0.2, 0.25) is 0 Å². The molecular formula is C4H10BeO. The van der Waals surface area contributed by atoms with Crippen LogP contribution in [0.4, 0.5) is 0 Å². The molecule has 0 unspecified atom stereocenters. The van der Waals surface area contributed by atoms with E-state index in [0.717, 1.165) is 0 Å². The minimum atomic E-state index is -0.750. The maximum Gasteiger partial charge on any atom is 2.00 e. The molecule has 0 aromatic carbocycles. The van der Waals surface area contributed by atoms with Crippen molar-refractivity contribution in [2.24, 2.45) is 0 Å². The molecule has 0 heterocycles. The Morgan fingerprint density at radius 1 is 1.33 bits per heavy atom. The van der Waals surface area contributed by atoms with Crippen LogP contribution in [-0.2, 0) is 0 Å². The Morgan fingerprint density at radius 3 is 1.33 bits per heavy atom. The fourth-order valence-electron chi connectivity index (χ4n) is 0. The average molecular weight is 83.1 g/mol. The number of hydrogen-bond acceptors (Lipinski definition) is 1. The molecule has 0 bridgehead atoms. The summed E-state index contributed by atoms with van der Waals surface area (Å²) in [6, 6.07) is 0. The van der Waals surface area contributed by atoms with Gasteiger partial charge in [0.15, 0.2) is 0 Å². The van der Waals surface area contributed by atoms with Gasteiger partial charge in [0.1, 0.15) is 0 Å². The molecule has 6 heavy (non-hydrogen) atoms. The van der Waals surface area contributed by atoms with Gasteiger partial charge in [0.25, 0.3) is 0 Å². The Morgan fingerprint density at radius 2 is 1.33 bits per heavy atom. The van der Waals surface area contributed by atoms with Gasteiger partial charge in [0, 0.05) is 0 Å². The monoisotopic (exact) mass is 83.1 g/mol. The van der Waals surface area contributed by atoms with Gasteiger partial charge in [-0.2, -0.15) is 0 Å². The third-order valence-corrected chi connectivity index (χ3v) is 0. The van der Waals surface area contributed by atoms with E-state index in [9.17, 15) is 5.11 Å². The third kappa shape index (κ3) is 2440. The van der Waals surface area contributed by atoms with Crippen molar-refractivity contribution in [3.63, 3.8) is 0 Å². The standard InChI is InChI=1S/C4H9O.Be.H/c1-4(2,3)5;;/h1-3H3;;/q-1;+2;-1. The van der Waals surface area contributed by atoms with Crippen LogP contribution in [0.25, 0.3) is 0 Å². The zero-order chi connectivity index (χ0) is 4.50. The van der Waals surface area contributed by atoms with Crippen molar-refractivity contribution in [1.29, 1.82) is 0 Å². The molecule has 0 rings (SSSR count). The first kappa shape index (κ1) is 9.46. The summed E-state index contributed by atoms with van der Waals surface area (Å²) in [5.41, 5.74) is -0.750. The Balaban J connectivity index is -0.0000000800. The summed E-state index contributed by atoms with van der Waals surface area (Å²) in [7, 11) is 0. The molecule has 0 aliphatic carbocycles. The van der Waals surface area contributed by atoms with Crippen molar-refractivity contribution < 1.29 is 6.53 Å². The summed E-state index contributed by atoms with van der Waals surface area (Å²) in [4.78, 5) is 0. The molecule has 0 atom stereocenters. The second-order valence-electron chi connectivity index (χ2n) is 2.11. The van der Waals surface area contributed by atoms with E-state index >= 15 is 0 Å². The van der Waals surface area contributed by atoms with Gasteiger partial charge in [-0.05, 0) is 0 Å². The summed E-state index contributed by atoms with van der Waals surface area (Å²) < 4.78 is 0. The van der Waals surface area contributed by atoms with Gasteiger partial charge in [-0.3, -0.25) is 0 Å². The van der Waals surface area contributed by atoms with Gasteiger partial charge in [-0.15, -0.1) is 5.60 Å². The van der Waals surface area contributed by atoms with E-state index in [1.54, 1.807) is 20.8 Å². The zero-order valence-corrected chi connectivity index (χ0v) is 4.62. The topological polar surface area (TPSA) is 23.1 Å². The molecule has 0 saturated carbocycles. The van der Waals surface area contributed by atoms with Crippen LogP contribution in [0.3, 0.4) is 0 Å². The predicted octanol–water partition coefficient (Wildman–Crippen LogP) is -0.123. The van der Waals surface area contributed by atoms with Gasteiger partial charge in [-0.1, -0.05) is 20.8 Å². The van der Waals surface area contributed by atoms with E-state index < -0.39 is 5.60 Å². The second-order valence-corrected chi connectivity index (χ2v) is 2.11. The van der Waals surface area contributed by atoms with Crippen LogP contribution in [0, 0.1) is 0 Å². The van der Waals surface area contributed by atoms with Crippen molar-refractivity contribution >= 4 is 10.1 Å². The van der Waals surface area contributed by atoms with E-state index in [0.29, 0.717) is 0 Å².